The molecule has 0 nitrogen and oxygen atoms in total. The molecule has 0 amide bonds. The van der Waals surface area contributed by atoms with E-state index in [1.165, 1.54) is 0 Å². The van der Waals surface area contributed by atoms with E-state index in [1.807, 2.05) is 0 Å². The molecule has 1 atom stereocenters. The lowest BCUT2D eigenvalue weighted by molar-refractivity contribution is -0.237. The standard InChI is InChI=1S/C5H6F6/c6-2-1-4(8,3-7)5(9,10)11/h1-3H2. The van der Waals surface area contributed by atoms with Crippen molar-refractivity contribution in [2.75, 3.05) is 13.3 Å². The van der Waals surface area contributed by atoms with Gasteiger partial charge in [0.15, 0.2) is 0 Å². The largest absolute Gasteiger partial charge is 0.425 e. The second kappa shape index (κ2) is 3.32. The average Bonchev–Trinajstić information content (AvgIpc) is 1.86. The third-order valence-electron chi connectivity index (χ3n) is 1.21. The molecular weight excluding hydrogens is 174 g/mol. The van der Waals surface area contributed by atoms with Crippen molar-refractivity contribution in [1.29, 1.82) is 0 Å². The second-order valence-electron chi connectivity index (χ2n) is 2.04. The minimum atomic E-state index is -5.33. The first-order chi connectivity index (χ1) is 4.87. The maximum absolute atomic E-state index is 12.3. The molecule has 0 aromatic rings. The smallest absolute Gasteiger partial charge is 0.251 e. The molecule has 0 aliphatic heterocycles. The Hall–Kier alpha value is -0.420. The van der Waals surface area contributed by atoms with E-state index in [1.54, 1.807) is 0 Å². The third kappa shape index (κ3) is 2.27. The van der Waals surface area contributed by atoms with Gasteiger partial charge in [-0.05, 0) is 0 Å². The van der Waals surface area contributed by atoms with Crippen molar-refractivity contribution in [2.24, 2.45) is 0 Å². The van der Waals surface area contributed by atoms with Crippen LogP contribution < -0.4 is 0 Å². The van der Waals surface area contributed by atoms with Crippen LogP contribution in [0.2, 0.25) is 0 Å². The van der Waals surface area contributed by atoms with E-state index in [0.717, 1.165) is 0 Å². The predicted octanol–water partition coefficient (Wildman–Crippen LogP) is 2.59. The van der Waals surface area contributed by atoms with Gasteiger partial charge in [0.05, 0.1) is 6.67 Å². The first kappa shape index (κ1) is 10.6. The molecule has 0 radical (unpaired) electrons. The van der Waals surface area contributed by atoms with E-state index >= 15 is 0 Å². The Bertz CT molecular complexity index is 119. The van der Waals surface area contributed by atoms with Crippen LogP contribution in [-0.4, -0.2) is 25.2 Å². The Morgan fingerprint density at radius 1 is 0.909 bits per heavy atom. The van der Waals surface area contributed by atoms with Gasteiger partial charge >= 0.3 is 6.18 Å². The lowest BCUT2D eigenvalue weighted by Crippen LogP contribution is -2.43. The highest BCUT2D eigenvalue weighted by Crippen LogP contribution is 2.37. The molecule has 68 valence electrons. The van der Waals surface area contributed by atoms with Crippen LogP contribution in [0.15, 0.2) is 0 Å². The van der Waals surface area contributed by atoms with Crippen LogP contribution in [0, 0.1) is 0 Å². The Kier molecular flexibility index (Phi) is 3.19. The molecule has 0 aromatic heterocycles. The van der Waals surface area contributed by atoms with Gasteiger partial charge in [0.1, 0.15) is 6.67 Å². The molecule has 0 heterocycles. The van der Waals surface area contributed by atoms with Crippen molar-refractivity contribution >= 4 is 0 Å². The summed E-state index contributed by atoms with van der Waals surface area (Å²) >= 11 is 0. The van der Waals surface area contributed by atoms with Gasteiger partial charge in [-0.1, -0.05) is 0 Å². The minimum absolute atomic E-state index is 1.48. The van der Waals surface area contributed by atoms with Crippen molar-refractivity contribution in [3.05, 3.63) is 0 Å². The van der Waals surface area contributed by atoms with Gasteiger partial charge in [-0.2, -0.15) is 13.2 Å². The highest BCUT2D eigenvalue weighted by molar-refractivity contribution is 4.86. The molecule has 0 saturated heterocycles. The van der Waals surface area contributed by atoms with Gasteiger partial charge in [0, 0.05) is 6.42 Å². The summed E-state index contributed by atoms with van der Waals surface area (Å²) in [7, 11) is 0. The molecule has 0 aliphatic rings. The van der Waals surface area contributed by atoms with Crippen LogP contribution in [0.5, 0.6) is 0 Å². The van der Waals surface area contributed by atoms with E-state index in [-0.39, 0.29) is 0 Å². The molecule has 0 aliphatic carbocycles. The zero-order valence-corrected chi connectivity index (χ0v) is 5.39. The van der Waals surface area contributed by atoms with Crippen LogP contribution in [0.25, 0.3) is 0 Å². The van der Waals surface area contributed by atoms with E-state index in [0.29, 0.717) is 0 Å². The molecule has 0 saturated carbocycles. The fourth-order valence-corrected chi connectivity index (χ4v) is 0.434. The fourth-order valence-electron chi connectivity index (χ4n) is 0.434. The zero-order chi connectivity index (χ0) is 9.12. The monoisotopic (exact) mass is 180 g/mol. The zero-order valence-electron chi connectivity index (χ0n) is 5.39. The van der Waals surface area contributed by atoms with Crippen LogP contribution in [0.1, 0.15) is 6.42 Å². The van der Waals surface area contributed by atoms with Gasteiger partial charge in [-0.25, -0.2) is 8.78 Å². The van der Waals surface area contributed by atoms with Gasteiger partial charge in [-0.15, -0.1) is 0 Å². The van der Waals surface area contributed by atoms with Crippen molar-refractivity contribution in [1.82, 2.24) is 0 Å². The molecule has 11 heavy (non-hydrogen) atoms. The Morgan fingerprint density at radius 2 is 1.36 bits per heavy atom. The number of rotatable bonds is 3. The minimum Gasteiger partial charge on any atom is -0.251 e. The Balaban J connectivity index is 4.33. The first-order valence-electron chi connectivity index (χ1n) is 2.75. The third-order valence-corrected chi connectivity index (χ3v) is 1.21. The summed E-state index contributed by atoms with van der Waals surface area (Å²) in [6.45, 7) is -3.76. The maximum Gasteiger partial charge on any atom is 0.425 e. The molecule has 0 aromatic carbocycles. The fraction of sp³-hybridized carbons (Fsp3) is 1.00. The second-order valence-corrected chi connectivity index (χ2v) is 2.04. The van der Waals surface area contributed by atoms with E-state index < -0.39 is 31.6 Å². The van der Waals surface area contributed by atoms with Crippen molar-refractivity contribution in [2.45, 2.75) is 18.3 Å². The number of alkyl halides is 6. The topological polar surface area (TPSA) is 0 Å². The first-order valence-corrected chi connectivity index (χ1v) is 2.75. The summed E-state index contributed by atoms with van der Waals surface area (Å²) in [6.07, 6.45) is -6.80. The van der Waals surface area contributed by atoms with Gasteiger partial charge in [0.25, 0.3) is 0 Å². The number of hydrogen-bond acceptors (Lipinski definition) is 0. The van der Waals surface area contributed by atoms with Gasteiger partial charge < -0.3 is 0 Å². The number of hydrogen-bond donors (Lipinski definition) is 0. The summed E-state index contributed by atoms with van der Waals surface area (Å²) in [5.74, 6) is 0. The Labute approximate surface area is 59.2 Å². The molecule has 0 bridgehead atoms. The molecular formula is C5H6F6. The molecule has 1 unspecified atom stereocenters. The molecule has 0 rings (SSSR count). The summed E-state index contributed by atoms with van der Waals surface area (Å²) in [4.78, 5) is 0. The lowest BCUT2D eigenvalue weighted by atomic mass is 10.0. The lowest BCUT2D eigenvalue weighted by Gasteiger charge is -2.23. The van der Waals surface area contributed by atoms with Gasteiger partial charge in [0.2, 0.25) is 5.67 Å². The van der Waals surface area contributed by atoms with Crippen molar-refractivity contribution < 1.29 is 26.3 Å². The molecule has 0 spiro atoms. The summed E-state index contributed by atoms with van der Waals surface area (Å²) in [6, 6.07) is 0. The van der Waals surface area contributed by atoms with Crippen LogP contribution in [0.4, 0.5) is 26.3 Å². The summed E-state index contributed by atoms with van der Waals surface area (Å²) in [5.41, 5.74) is -4.01. The Morgan fingerprint density at radius 3 is 1.45 bits per heavy atom. The maximum atomic E-state index is 12.3. The van der Waals surface area contributed by atoms with E-state index in [2.05, 4.69) is 0 Å². The molecule has 0 fully saturated rings. The normalized spacial score (nSPS) is 18.0. The average molecular weight is 180 g/mol. The molecule has 0 N–H and O–H groups in total. The van der Waals surface area contributed by atoms with Crippen LogP contribution in [0.3, 0.4) is 0 Å². The van der Waals surface area contributed by atoms with Crippen LogP contribution >= 0.6 is 0 Å². The van der Waals surface area contributed by atoms with Gasteiger partial charge in [-0.3, -0.25) is 4.39 Å². The molecule has 6 heteroatoms. The quantitative estimate of drug-likeness (QED) is 0.585. The summed E-state index contributed by atoms with van der Waals surface area (Å²) in [5, 5.41) is 0. The summed E-state index contributed by atoms with van der Waals surface area (Å²) < 4.78 is 69.6. The number of halogens is 6. The van der Waals surface area contributed by atoms with Crippen molar-refractivity contribution in [3.8, 4) is 0 Å². The van der Waals surface area contributed by atoms with E-state index in [9.17, 15) is 26.3 Å². The van der Waals surface area contributed by atoms with E-state index in [4.69, 9.17) is 0 Å². The highest BCUT2D eigenvalue weighted by atomic mass is 19.4. The predicted molar refractivity (Wildman–Crippen MR) is 26.5 cm³/mol. The van der Waals surface area contributed by atoms with Crippen molar-refractivity contribution in [3.63, 3.8) is 0 Å². The SMILES string of the molecule is FCCC(F)(CF)C(F)(F)F. The van der Waals surface area contributed by atoms with Crippen LogP contribution in [-0.2, 0) is 0 Å². The highest BCUT2D eigenvalue weighted by Gasteiger charge is 2.55.